The Labute approximate surface area is 157 Å². The molecule has 0 spiro atoms. The number of carbonyl (C=O) groups is 1. The summed E-state index contributed by atoms with van der Waals surface area (Å²) in [5.74, 6) is -0.494. The SMILES string of the molecule is N#Cc1cnc2ncc(NC(=O)CCl)cc2c1Nc1cccc(Br)c1. The summed E-state index contributed by atoms with van der Waals surface area (Å²) in [5.41, 5.74) is 2.68. The van der Waals surface area contributed by atoms with Crippen LogP contribution in [0, 0.1) is 11.3 Å². The molecule has 0 saturated carbocycles. The molecule has 2 aromatic heterocycles. The van der Waals surface area contributed by atoms with E-state index in [2.05, 4.69) is 42.6 Å². The van der Waals surface area contributed by atoms with Gasteiger partial charge in [-0.3, -0.25) is 4.79 Å². The number of benzene rings is 1. The summed E-state index contributed by atoms with van der Waals surface area (Å²) in [5, 5.41) is 15.9. The highest BCUT2D eigenvalue weighted by molar-refractivity contribution is 9.10. The van der Waals surface area contributed by atoms with Crippen LogP contribution in [-0.2, 0) is 4.79 Å². The molecule has 1 amide bonds. The third-order valence-corrected chi connectivity index (χ3v) is 4.08. The number of anilines is 3. The highest BCUT2D eigenvalue weighted by Gasteiger charge is 2.12. The first-order valence-corrected chi connectivity index (χ1v) is 8.50. The molecule has 25 heavy (non-hydrogen) atoms. The van der Waals surface area contributed by atoms with Gasteiger partial charge in [0.2, 0.25) is 5.91 Å². The van der Waals surface area contributed by atoms with E-state index in [-0.39, 0.29) is 11.8 Å². The van der Waals surface area contributed by atoms with Crippen LogP contribution in [0.1, 0.15) is 5.56 Å². The number of amides is 1. The quantitative estimate of drug-likeness (QED) is 0.623. The van der Waals surface area contributed by atoms with Crippen LogP contribution in [0.15, 0.2) is 47.2 Å². The third-order valence-electron chi connectivity index (χ3n) is 3.34. The van der Waals surface area contributed by atoms with Gasteiger partial charge in [-0.15, -0.1) is 11.6 Å². The van der Waals surface area contributed by atoms with Crippen LogP contribution in [-0.4, -0.2) is 21.8 Å². The fourth-order valence-corrected chi connectivity index (χ4v) is 2.74. The Morgan fingerprint density at radius 3 is 2.76 bits per heavy atom. The van der Waals surface area contributed by atoms with Crippen molar-refractivity contribution in [3.05, 3.63) is 52.8 Å². The Morgan fingerprint density at radius 1 is 1.24 bits per heavy atom. The largest absolute Gasteiger partial charge is 0.354 e. The zero-order valence-electron chi connectivity index (χ0n) is 12.8. The van der Waals surface area contributed by atoms with Gasteiger partial charge in [0, 0.05) is 21.7 Å². The minimum atomic E-state index is -0.339. The maximum atomic E-state index is 11.5. The molecule has 2 heterocycles. The molecule has 1 aromatic carbocycles. The lowest BCUT2D eigenvalue weighted by Gasteiger charge is -2.12. The van der Waals surface area contributed by atoms with E-state index in [9.17, 15) is 10.1 Å². The summed E-state index contributed by atoms with van der Waals surface area (Å²) in [7, 11) is 0. The van der Waals surface area contributed by atoms with Gasteiger partial charge in [-0.1, -0.05) is 22.0 Å². The fourth-order valence-electron chi connectivity index (χ4n) is 2.27. The molecule has 3 rings (SSSR count). The van der Waals surface area contributed by atoms with E-state index in [0.717, 1.165) is 10.2 Å². The van der Waals surface area contributed by atoms with Crippen LogP contribution in [0.5, 0.6) is 0 Å². The van der Waals surface area contributed by atoms with Gasteiger partial charge in [-0.2, -0.15) is 5.26 Å². The summed E-state index contributed by atoms with van der Waals surface area (Å²) < 4.78 is 0.905. The lowest BCUT2D eigenvalue weighted by Crippen LogP contribution is -2.12. The predicted molar refractivity (Wildman–Crippen MR) is 101 cm³/mol. The van der Waals surface area contributed by atoms with Gasteiger partial charge in [0.1, 0.15) is 11.9 Å². The number of nitrogens with zero attached hydrogens (tertiary/aromatic N) is 3. The monoisotopic (exact) mass is 415 g/mol. The number of hydrogen-bond donors (Lipinski definition) is 2. The summed E-state index contributed by atoms with van der Waals surface area (Å²) in [6.45, 7) is 0. The molecular weight excluding hydrogens is 406 g/mol. The average Bonchev–Trinajstić information content (AvgIpc) is 2.62. The van der Waals surface area contributed by atoms with E-state index in [4.69, 9.17) is 11.6 Å². The molecule has 0 aliphatic heterocycles. The average molecular weight is 417 g/mol. The van der Waals surface area contributed by atoms with Crippen molar-refractivity contribution >= 4 is 61.5 Å². The summed E-state index contributed by atoms with van der Waals surface area (Å²) in [6, 6.07) is 11.4. The third kappa shape index (κ3) is 3.87. The molecular formula is C17H11BrClN5O. The molecule has 0 fully saturated rings. The molecule has 0 unspecified atom stereocenters. The smallest absolute Gasteiger partial charge is 0.239 e. The standard InChI is InChI=1S/C17H11BrClN5O/c18-11-2-1-3-12(4-11)24-16-10(7-20)8-21-17-14(16)5-13(9-22-17)23-15(25)6-19/h1-5,8-9H,6H2,(H,23,25)(H,21,22,24). The van der Waals surface area contributed by atoms with Crippen molar-refractivity contribution in [2.45, 2.75) is 0 Å². The Kier molecular flexibility index (Phi) is 5.12. The van der Waals surface area contributed by atoms with Crippen molar-refractivity contribution in [1.29, 1.82) is 5.26 Å². The second kappa shape index (κ2) is 7.47. The molecule has 2 N–H and O–H groups in total. The molecule has 0 saturated heterocycles. The van der Waals surface area contributed by atoms with Gasteiger partial charge in [0.25, 0.3) is 0 Å². The number of rotatable bonds is 4. The normalized spacial score (nSPS) is 10.3. The van der Waals surface area contributed by atoms with Crippen molar-refractivity contribution in [1.82, 2.24) is 9.97 Å². The number of carbonyl (C=O) groups excluding carboxylic acids is 1. The number of aromatic nitrogens is 2. The number of nitriles is 1. The van der Waals surface area contributed by atoms with Gasteiger partial charge in [-0.05, 0) is 24.3 Å². The molecule has 3 aromatic rings. The van der Waals surface area contributed by atoms with Gasteiger partial charge in [0.15, 0.2) is 5.65 Å². The Morgan fingerprint density at radius 2 is 2.04 bits per heavy atom. The lowest BCUT2D eigenvalue weighted by atomic mass is 10.1. The van der Waals surface area contributed by atoms with Gasteiger partial charge in [0.05, 0.1) is 23.1 Å². The van der Waals surface area contributed by atoms with E-state index in [1.54, 1.807) is 6.07 Å². The maximum absolute atomic E-state index is 11.5. The highest BCUT2D eigenvalue weighted by Crippen LogP contribution is 2.30. The number of alkyl halides is 1. The Hall–Kier alpha value is -2.69. The van der Waals surface area contributed by atoms with Gasteiger partial charge < -0.3 is 10.6 Å². The summed E-state index contributed by atoms with van der Waals surface area (Å²) >= 11 is 8.93. The van der Waals surface area contributed by atoms with E-state index in [1.807, 2.05) is 24.3 Å². The van der Waals surface area contributed by atoms with E-state index in [0.29, 0.717) is 28.0 Å². The Balaban J connectivity index is 2.11. The Bertz CT molecular complexity index is 1000. The number of nitrogens with one attached hydrogen (secondary N) is 2. The molecule has 0 aliphatic carbocycles. The van der Waals surface area contributed by atoms with Gasteiger partial charge in [-0.25, -0.2) is 9.97 Å². The first-order chi connectivity index (χ1) is 12.1. The van der Waals surface area contributed by atoms with Crippen molar-refractivity contribution in [3.63, 3.8) is 0 Å². The number of pyridine rings is 2. The van der Waals surface area contributed by atoms with Gasteiger partial charge >= 0.3 is 0 Å². The molecule has 0 aliphatic rings. The van der Waals surface area contributed by atoms with Crippen molar-refractivity contribution in [3.8, 4) is 6.07 Å². The topological polar surface area (TPSA) is 90.7 Å². The first-order valence-electron chi connectivity index (χ1n) is 7.18. The van der Waals surface area contributed by atoms with Crippen molar-refractivity contribution in [2.24, 2.45) is 0 Å². The maximum Gasteiger partial charge on any atom is 0.239 e. The lowest BCUT2D eigenvalue weighted by molar-refractivity contribution is -0.113. The fraction of sp³-hybridized carbons (Fsp3) is 0.0588. The molecule has 0 radical (unpaired) electrons. The molecule has 6 nitrogen and oxygen atoms in total. The van der Waals surface area contributed by atoms with Crippen LogP contribution in [0.3, 0.4) is 0 Å². The van der Waals surface area contributed by atoms with Crippen LogP contribution < -0.4 is 10.6 Å². The zero-order valence-corrected chi connectivity index (χ0v) is 15.1. The summed E-state index contributed by atoms with van der Waals surface area (Å²) in [6.07, 6.45) is 2.96. The van der Waals surface area contributed by atoms with Crippen LogP contribution in [0.2, 0.25) is 0 Å². The van der Waals surface area contributed by atoms with Crippen molar-refractivity contribution in [2.75, 3.05) is 16.5 Å². The molecule has 124 valence electrons. The van der Waals surface area contributed by atoms with E-state index < -0.39 is 0 Å². The second-order valence-electron chi connectivity index (χ2n) is 5.07. The number of fused-ring (bicyclic) bond motifs is 1. The minimum Gasteiger partial charge on any atom is -0.354 e. The first kappa shape index (κ1) is 17.1. The molecule has 0 bridgehead atoms. The molecule has 0 atom stereocenters. The van der Waals surface area contributed by atoms with Crippen LogP contribution in [0.4, 0.5) is 17.1 Å². The highest BCUT2D eigenvalue weighted by atomic mass is 79.9. The summed E-state index contributed by atoms with van der Waals surface area (Å²) in [4.78, 5) is 19.9. The van der Waals surface area contributed by atoms with Crippen molar-refractivity contribution < 1.29 is 4.79 Å². The number of halogens is 2. The zero-order chi connectivity index (χ0) is 17.8. The van der Waals surface area contributed by atoms with E-state index >= 15 is 0 Å². The predicted octanol–water partition coefficient (Wildman–Crippen LogP) is 4.18. The van der Waals surface area contributed by atoms with Crippen LogP contribution in [0.25, 0.3) is 11.0 Å². The second-order valence-corrected chi connectivity index (χ2v) is 6.25. The van der Waals surface area contributed by atoms with E-state index in [1.165, 1.54) is 12.4 Å². The number of hydrogen-bond acceptors (Lipinski definition) is 5. The van der Waals surface area contributed by atoms with Crippen LogP contribution >= 0.6 is 27.5 Å². The minimum absolute atomic E-state index is 0.155. The molecule has 8 heteroatoms.